The smallest absolute Gasteiger partial charge is 0.303 e. The van der Waals surface area contributed by atoms with Crippen molar-refractivity contribution in [2.75, 3.05) is 13.1 Å². The van der Waals surface area contributed by atoms with Gasteiger partial charge in [0.25, 0.3) is 0 Å². The highest BCUT2D eigenvalue weighted by atomic mass is 16.4. The largest absolute Gasteiger partial charge is 0.481 e. The summed E-state index contributed by atoms with van der Waals surface area (Å²) in [4.78, 5) is 10.5. The molecule has 0 heterocycles. The summed E-state index contributed by atoms with van der Waals surface area (Å²) in [6.45, 7) is 12.7. The number of hydrogen-bond donors (Lipinski definition) is 2. The number of carboxylic acid groups (broad SMARTS) is 1. The normalized spacial score (nSPS) is 14.1. The lowest BCUT2D eigenvalue weighted by Gasteiger charge is -2.27. The Hall–Kier alpha value is -0.570. The van der Waals surface area contributed by atoms with Crippen LogP contribution in [0.15, 0.2) is 0 Å². The van der Waals surface area contributed by atoms with Gasteiger partial charge in [-0.15, -0.1) is 0 Å². The average Bonchev–Trinajstić information content (AvgIpc) is 1.98. The van der Waals surface area contributed by atoms with Crippen LogP contribution in [0.3, 0.4) is 0 Å². The van der Waals surface area contributed by atoms with E-state index in [0.29, 0.717) is 5.92 Å². The molecule has 96 valence electrons. The zero-order valence-corrected chi connectivity index (χ0v) is 11.3. The van der Waals surface area contributed by atoms with Gasteiger partial charge in [-0.25, -0.2) is 0 Å². The van der Waals surface area contributed by atoms with Crippen molar-refractivity contribution >= 4 is 5.97 Å². The molecule has 0 fully saturated rings. The average molecular weight is 229 g/mol. The molecule has 0 aliphatic carbocycles. The molecule has 0 radical (unpaired) electrons. The SMILES string of the molecule is CC(C)CC(C)(C)CNCC(C)CC(=O)O. The maximum absolute atomic E-state index is 10.5. The Morgan fingerprint density at radius 3 is 2.31 bits per heavy atom. The van der Waals surface area contributed by atoms with E-state index in [2.05, 4.69) is 33.0 Å². The van der Waals surface area contributed by atoms with E-state index < -0.39 is 5.97 Å². The van der Waals surface area contributed by atoms with Gasteiger partial charge in [0.15, 0.2) is 0 Å². The van der Waals surface area contributed by atoms with Gasteiger partial charge in [0.05, 0.1) is 0 Å². The predicted molar refractivity (Wildman–Crippen MR) is 67.5 cm³/mol. The van der Waals surface area contributed by atoms with Gasteiger partial charge in [-0.05, 0) is 30.2 Å². The summed E-state index contributed by atoms with van der Waals surface area (Å²) in [7, 11) is 0. The highest BCUT2D eigenvalue weighted by molar-refractivity contribution is 5.66. The molecule has 0 amide bonds. The number of nitrogens with one attached hydrogen (secondary N) is 1. The lowest BCUT2D eigenvalue weighted by molar-refractivity contribution is -0.137. The fourth-order valence-electron chi connectivity index (χ4n) is 2.20. The van der Waals surface area contributed by atoms with E-state index in [0.717, 1.165) is 13.1 Å². The van der Waals surface area contributed by atoms with Crippen LogP contribution in [0.5, 0.6) is 0 Å². The number of hydrogen-bond acceptors (Lipinski definition) is 2. The van der Waals surface area contributed by atoms with E-state index in [1.807, 2.05) is 6.92 Å². The minimum absolute atomic E-state index is 0.201. The van der Waals surface area contributed by atoms with E-state index in [9.17, 15) is 4.79 Å². The summed E-state index contributed by atoms with van der Waals surface area (Å²) in [6.07, 6.45) is 1.44. The van der Waals surface area contributed by atoms with Gasteiger partial charge in [-0.1, -0.05) is 34.6 Å². The number of aliphatic carboxylic acids is 1. The molecule has 16 heavy (non-hydrogen) atoms. The minimum Gasteiger partial charge on any atom is -0.481 e. The van der Waals surface area contributed by atoms with Gasteiger partial charge < -0.3 is 10.4 Å². The second kappa shape index (κ2) is 6.89. The third kappa shape index (κ3) is 8.72. The van der Waals surface area contributed by atoms with Gasteiger partial charge >= 0.3 is 5.97 Å². The summed E-state index contributed by atoms with van der Waals surface area (Å²) in [5.41, 5.74) is 0.289. The molecule has 3 nitrogen and oxygen atoms in total. The number of carbonyl (C=O) groups is 1. The van der Waals surface area contributed by atoms with E-state index in [1.165, 1.54) is 6.42 Å². The van der Waals surface area contributed by atoms with Crippen LogP contribution >= 0.6 is 0 Å². The predicted octanol–water partition coefficient (Wildman–Crippen LogP) is 2.76. The fourth-order valence-corrected chi connectivity index (χ4v) is 2.20. The molecule has 0 spiro atoms. The van der Waals surface area contributed by atoms with Gasteiger partial charge in [0, 0.05) is 13.0 Å². The van der Waals surface area contributed by atoms with E-state index in [-0.39, 0.29) is 17.8 Å². The molecule has 0 aromatic carbocycles. The molecule has 3 heteroatoms. The second-order valence-corrected chi connectivity index (χ2v) is 6.10. The summed E-state index contributed by atoms with van der Waals surface area (Å²) >= 11 is 0. The Morgan fingerprint density at radius 1 is 1.31 bits per heavy atom. The topological polar surface area (TPSA) is 49.3 Å². The third-order valence-corrected chi connectivity index (χ3v) is 2.58. The van der Waals surface area contributed by atoms with Crippen LogP contribution in [0.1, 0.15) is 47.5 Å². The minimum atomic E-state index is -0.712. The van der Waals surface area contributed by atoms with Crippen molar-refractivity contribution in [1.29, 1.82) is 0 Å². The molecule has 1 unspecified atom stereocenters. The van der Waals surface area contributed by atoms with E-state index >= 15 is 0 Å². The molecule has 0 aliphatic rings. The van der Waals surface area contributed by atoms with Crippen LogP contribution in [-0.4, -0.2) is 24.2 Å². The lowest BCUT2D eigenvalue weighted by Crippen LogP contribution is -2.33. The van der Waals surface area contributed by atoms with Crippen LogP contribution < -0.4 is 5.32 Å². The maximum atomic E-state index is 10.5. The lowest BCUT2D eigenvalue weighted by atomic mass is 9.84. The molecule has 2 N–H and O–H groups in total. The van der Waals surface area contributed by atoms with Gasteiger partial charge in [0.2, 0.25) is 0 Å². The standard InChI is InChI=1S/C13H27NO2/c1-10(2)7-13(4,5)9-14-8-11(3)6-12(15)16/h10-11,14H,6-9H2,1-5H3,(H,15,16). The first-order chi connectivity index (χ1) is 7.23. The molecule has 0 aromatic heterocycles. The molecule has 1 atom stereocenters. The van der Waals surface area contributed by atoms with Crippen molar-refractivity contribution in [2.45, 2.75) is 47.5 Å². The van der Waals surface area contributed by atoms with Crippen molar-refractivity contribution in [1.82, 2.24) is 5.32 Å². The van der Waals surface area contributed by atoms with Crippen LogP contribution in [0.25, 0.3) is 0 Å². The van der Waals surface area contributed by atoms with Crippen molar-refractivity contribution in [3.63, 3.8) is 0 Å². The van der Waals surface area contributed by atoms with Gasteiger partial charge in [0.1, 0.15) is 0 Å². The summed E-state index contributed by atoms with van der Waals surface area (Å²) < 4.78 is 0. The first kappa shape index (κ1) is 15.4. The highest BCUT2D eigenvalue weighted by Gasteiger charge is 2.19. The quantitative estimate of drug-likeness (QED) is 0.673. The molecular weight excluding hydrogens is 202 g/mol. The summed E-state index contributed by atoms with van der Waals surface area (Å²) in [5, 5.41) is 12.0. The van der Waals surface area contributed by atoms with Crippen molar-refractivity contribution in [2.24, 2.45) is 17.3 Å². The van der Waals surface area contributed by atoms with Crippen molar-refractivity contribution < 1.29 is 9.90 Å². The van der Waals surface area contributed by atoms with Gasteiger partial charge in [-0.3, -0.25) is 4.79 Å². The van der Waals surface area contributed by atoms with Crippen LogP contribution in [-0.2, 0) is 4.79 Å². The Morgan fingerprint density at radius 2 is 1.88 bits per heavy atom. The Bertz CT molecular complexity index is 212. The summed E-state index contributed by atoms with van der Waals surface area (Å²) in [5.74, 6) is 0.191. The van der Waals surface area contributed by atoms with E-state index in [1.54, 1.807) is 0 Å². The monoisotopic (exact) mass is 229 g/mol. The first-order valence-corrected chi connectivity index (χ1v) is 6.15. The second-order valence-electron chi connectivity index (χ2n) is 6.10. The molecule has 0 saturated carbocycles. The summed E-state index contributed by atoms with van der Waals surface area (Å²) in [6, 6.07) is 0. The third-order valence-electron chi connectivity index (χ3n) is 2.58. The zero-order chi connectivity index (χ0) is 12.8. The Kier molecular flexibility index (Phi) is 6.65. The molecule has 0 saturated heterocycles. The molecule has 0 aliphatic heterocycles. The molecule has 0 aromatic rings. The molecule has 0 rings (SSSR count). The number of carboxylic acids is 1. The maximum Gasteiger partial charge on any atom is 0.303 e. The molecule has 0 bridgehead atoms. The van der Waals surface area contributed by atoms with Crippen molar-refractivity contribution in [3.8, 4) is 0 Å². The van der Waals surface area contributed by atoms with Crippen LogP contribution in [0, 0.1) is 17.3 Å². The van der Waals surface area contributed by atoms with E-state index in [4.69, 9.17) is 5.11 Å². The van der Waals surface area contributed by atoms with Gasteiger partial charge in [-0.2, -0.15) is 0 Å². The first-order valence-electron chi connectivity index (χ1n) is 6.15. The number of rotatable bonds is 8. The van der Waals surface area contributed by atoms with Crippen molar-refractivity contribution in [3.05, 3.63) is 0 Å². The van der Waals surface area contributed by atoms with Crippen LogP contribution in [0.2, 0.25) is 0 Å². The Balaban J connectivity index is 3.75. The fraction of sp³-hybridized carbons (Fsp3) is 0.923. The highest BCUT2D eigenvalue weighted by Crippen LogP contribution is 2.24. The Labute approximate surface area is 99.6 Å². The molecular formula is C13H27NO2. The van der Waals surface area contributed by atoms with Crippen LogP contribution in [0.4, 0.5) is 0 Å². The zero-order valence-electron chi connectivity index (χ0n) is 11.3.